The van der Waals surface area contributed by atoms with Gasteiger partial charge in [0.25, 0.3) is 0 Å². The number of allylic oxidation sites excluding steroid dienone is 2. The Bertz CT molecular complexity index is 814. The summed E-state index contributed by atoms with van der Waals surface area (Å²) in [6.45, 7) is 1.99. The van der Waals surface area contributed by atoms with Crippen LogP contribution in [0.25, 0.3) is 12.2 Å². The van der Waals surface area contributed by atoms with Crippen molar-refractivity contribution in [3.8, 4) is 11.5 Å². The van der Waals surface area contributed by atoms with Crippen molar-refractivity contribution in [3.05, 3.63) is 71.3 Å². The van der Waals surface area contributed by atoms with Gasteiger partial charge in [-0.3, -0.25) is 9.59 Å². The highest BCUT2D eigenvalue weighted by atomic mass is 16.5. The highest BCUT2D eigenvalue weighted by Crippen LogP contribution is 2.26. The summed E-state index contributed by atoms with van der Waals surface area (Å²) in [5.41, 5.74) is 2.76. The van der Waals surface area contributed by atoms with E-state index < -0.39 is 0 Å². The van der Waals surface area contributed by atoms with Crippen LogP contribution in [0, 0.1) is 6.92 Å². The lowest BCUT2D eigenvalue weighted by atomic mass is 10.1. The first kappa shape index (κ1) is 18.2. The van der Waals surface area contributed by atoms with E-state index in [9.17, 15) is 14.7 Å². The maximum Gasteiger partial charge on any atom is 0.163 e. The van der Waals surface area contributed by atoms with Gasteiger partial charge in [-0.1, -0.05) is 48.0 Å². The van der Waals surface area contributed by atoms with Crippen molar-refractivity contribution in [1.29, 1.82) is 0 Å². The van der Waals surface area contributed by atoms with Crippen LogP contribution in [0.3, 0.4) is 0 Å². The van der Waals surface area contributed by atoms with Gasteiger partial charge in [-0.2, -0.15) is 0 Å². The fourth-order valence-corrected chi connectivity index (χ4v) is 2.14. The molecule has 25 heavy (non-hydrogen) atoms. The Morgan fingerprint density at radius 2 is 1.52 bits per heavy atom. The fourth-order valence-electron chi connectivity index (χ4n) is 2.14. The van der Waals surface area contributed by atoms with Crippen molar-refractivity contribution in [2.45, 2.75) is 13.3 Å². The summed E-state index contributed by atoms with van der Waals surface area (Å²) < 4.78 is 5.01. The third kappa shape index (κ3) is 5.77. The number of carbonyl (C=O) groups excluding carboxylic acids is 2. The zero-order valence-corrected chi connectivity index (χ0v) is 14.2. The summed E-state index contributed by atoms with van der Waals surface area (Å²) in [5, 5.41) is 9.53. The van der Waals surface area contributed by atoms with E-state index in [-0.39, 0.29) is 23.7 Å². The van der Waals surface area contributed by atoms with E-state index >= 15 is 0 Å². The van der Waals surface area contributed by atoms with Crippen LogP contribution in [0.4, 0.5) is 0 Å². The first-order valence-corrected chi connectivity index (χ1v) is 7.83. The van der Waals surface area contributed by atoms with Crippen LogP contribution in [-0.4, -0.2) is 23.8 Å². The number of phenols is 1. The molecule has 4 heteroatoms. The second-order valence-corrected chi connectivity index (χ2v) is 5.62. The van der Waals surface area contributed by atoms with Crippen LogP contribution < -0.4 is 4.74 Å². The maximum atomic E-state index is 11.9. The van der Waals surface area contributed by atoms with Gasteiger partial charge < -0.3 is 9.84 Å². The minimum absolute atomic E-state index is 0.0300. The quantitative estimate of drug-likeness (QED) is 0.614. The predicted octanol–water partition coefficient (Wildman–Crippen LogP) is 3.96. The van der Waals surface area contributed by atoms with Crippen molar-refractivity contribution < 1.29 is 19.4 Å². The molecule has 0 saturated carbocycles. The van der Waals surface area contributed by atoms with E-state index in [0.717, 1.165) is 11.1 Å². The van der Waals surface area contributed by atoms with E-state index in [1.165, 1.54) is 25.3 Å². The summed E-state index contributed by atoms with van der Waals surface area (Å²) in [5.74, 6) is -0.182. The number of carbonyl (C=O) groups is 2. The summed E-state index contributed by atoms with van der Waals surface area (Å²) in [4.78, 5) is 23.7. The molecular formula is C21H20O4. The van der Waals surface area contributed by atoms with Crippen molar-refractivity contribution in [3.63, 3.8) is 0 Å². The number of methoxy groups -OCH3 is 1. The highest BCUT2D eigenvalue weighted by molar-refractivity contribution is 6.10. The average molecular weight is 336 g/mol. The molecule has 128 valence electrons. The summed E-state index contributed by atoms with van der Waals surface area (Å²) in [7, 11) is 1.45. The van der Waals surface area contributed by atoms with Gasteiger partial charge in [0.05, 0.1) is 13.5 Å². The van der Waals surface area contributed by atoms with Crippen LogP contribution in [0.5, 0.6) is 11.5 Å². The van der Waals surface area contributed by atoms with Crippen molar-refractivity contribution in [1.82, 2.24) is 0 Å². The fraction of sp³-hybridized carbons (Fsp3) is 0.143. The third-order valence-corrected chi connectivity index (χ3v) is 3.55. The van der Waals surface area contributed by atoms with Gasteiger partial charge >= 0.3 is 0 Å². The summed E-state index contributed by atoms with van der Waals surface area (Å²) >= 11 is 0. The maximum absolute atomic E-state index is 11.9. The molecule has 0 heterocycles. The summed E-state index contributed by atoms with van der Waals surface area (Å²) in [6, 6.07) is 12.5. The number of rotatable bonds is 7. The average Bonchev–Trinajstić information content (AvgIpc) is 2.60. The first-order valence-electron chi connectivity index (χ1n) is 7.83. The monoisotopic (exact) mass is 336 g/mol. The predicted molar refractivity (Wildman–Crippen MR) is 98.5 cm³/mol. The molecule has 2 rings (SSSR count). The molecule has 4 nitrogen and oxygen atoms in total. The third-order valence-electron chi connectivity index (χ3n) is 3.55. The van der Waals surface area contributed by atoms with E-state index in [0.29, 0.717) is 11.3 Å². The number of phenolic OH excluding ortho intramolecular Hbond substituents is 1. The Balaban J connectivity index is 1.92. The molecule has 0 saturated heterocycles. The largest absolute Gasteiger partial charge is 0.504 e. The minimum atomic E-state index is -0.286. The molecule has 0 radical (unpaired) electrons. The smallest absolute Gasteiger partial charge is 0.163 e. The minimum Gasteiger partial charge on any atom is -0.504 e. The van der Waals surface area contributed by atoms with E-state index in [4.69, 9.17) is 4.74 Å². The molecule has 0 bridgehead atoms. The molecule has 0 atom stereocenters. The summed E-state index contributed by atoms with van der Waals surface area (Å²) in [6.07, 6.45) is 5.86. The standard InChI is InChI=1S/C21H20O4/c1-15-3-5-16(6-4-15)7-10-18(22)14-19(23)11-8-17-9-12-20(24)21(13-17)25-2/h3-13,24H,14H2,1-2H3/b10-7+,11-8+. The molecule has 0 unspecified atom stereocenters. The van der Waals surface area contributed by atoms with Gasteiger partial charge in [0.2, 0.25) is 0 Å². The van der Waals surface area contributed by atoms with Crippen molar-refractivity contribution in [2.24, 2.45) is 0 Å². The van der Waals surface area contributed by atoms with Crippen molar-refractivity contribution in [2.75, 3.05) is 7.11 Å². The van der Waals surface area contributed by atoms with Crippen LogP contribution in [-0.2, 0) is 9.59 Å². The van der Waals surface area contributed by atoms with Gasteiger partial charge in [0.1, 0.15) is 0 Å². The van der Waals surface area contributed by atoms with E-state index in [1.54, 1.807) is 24.3 Å². The van der Waals surface area contributed by atoms with Gasteiger partial charge in [-0.05, 0) is 42.3 Å². The van der Waals surface area contributed by atoms with Gasteiger partial charge in [0.15, 0.2) is 23.1 Å². The number of aryl methyl sites for hydroxylation is 1. The normalized spacial score (nSPS) is 11.1. The van der Waals surface area contributed by atoms with Crippen molar-refractivity contribution >= 4 is 23.7 Å². The van der Waals surface area contributed by atoms with Crippen LogP contribution in [0.2, 0.25) is 0 Å². The SMILES string of the molecule is COc1cc(/C=C/C(=O)CC(=O)/C=C/c2ccc(C)cc2)ccc1O. The van der Waals surface area contributed by atoms with Gasteiger partial charge in [0, 0.05) is 0 Å². The van der Waals surface area contributed by atoms with Gasteiger partial charge in [-0.15, -0.1) is 0 Å². The molecule has 0 fully saturated rings. The number of aromatic hydroxyl groups is 1. The Kier molecular flexibility index (Phi) is 6.29. The zero-order chi connectivity index (χ0) is 18.2. The Labute approximate surface area is 147 Å². The number of ether oxygens (including phenoxy) is 1. The van der Waals surface area contributed by atoms with E-state index in [1.807, 2.05) is 31.2 Å². The molecule has 0 amide bonds. The lowest BCUT2D eigenvalue weighted by molar-refractivity contribution is -0.121. The number of hydrogen-bond acceptors (Lipinski definition) is 4. The second kappa shape index (κ2) is 8.64. The number of ketones is 2. The molecule has 0 aromatic heterocycles. The Hall–Kier alpha value is -3.14. The molecule has 2 aromatic carbocycles. The molecule has 0 spiro atoms. The van der Waals surface area contributed by atoms with Crippen LogP contribution in [0.1, 0.15) is 23.1 Å². The number of benzene rings is 2. The van der Waals surface area contributed by atoms with Gasteiger partial charge in [-0.25, -0.2) is 0 Å². The highest BCUT2D eigenvalue weighted by Gasteiger charge is 2.05. The topological polar surface area (TPSA) is 63.6 Å². The molecule has 0 aliphatic carbocycles. The lowest BCUT2D eigenvalue weighted by Crippen LogP contribution is -2.01. The first-order chi connectivity index (χ1) is 12.0. The Morgan fingerprint density at radius 3 is 2.12 bits per heavy atom. The molecular weight excluding hydrogens is 316 g/mol. The van der Waals surface area contributed by atoms with Crippen LogP contribution >= 0.6 is 0 Å². The second-order valence-electron chi connectivity index (χ2n) is 5.62. The van der Waals surface area contributed by atoms with Crippen LogP contribution in [0.15, 0.2) is 54.6 Å². The molecule has 0 aliphatic heterocycles. The zero-order valence-electron chi connectivity index (χ0n) is 14.2. The molecule has 2 aromatic rings. The van der Waals surface area contributed by atoms with E-state index in [2.05, 4.69) is 0 Å². The number of hydrogen-bond donors (Lipinski definition) is 1. The lowest BCUT2D eigenvalue weighted by Gasteiger charge is -2.03. The molecule has 0 aliphatic rings. The Morgan fingerprint density at radius 1 is 0.960 bits per heavy atom. The molecule has 1 N–H and O–H groups in total.